The fourth-order valence-electron chi connectivity index (χ4n) is 4.42. The smallest absolute Gasteiger partial charge is 0.410 e. The number of nitrogens with zero attached hydrogens (tertiary/aromatic N) is 3. The molecule has 2 heterocycles. The zero-order chi connectivity index (χ0) is 25.1. The summed E-state index contributed by atoms with van der Waals surface area (Å²) in [6.07, 6.45) is 0.438. The number of aliphatic hydroxyl groups excluding tert-OH is 1. The molecule has 1 aromatic heterocycles. The average molecular weight is 478 g/mol. The van der Waals surface area contributed by atoms with Gasteiger partial charge in [0.25, 0.3) is 5.91 Å². The largest absolute Gasteiger partial charge is 0.508 e. The molecule has 0 spiro atoms. The third-order valence-corrected chi connectivity index (χ3v) is 6.39. The molecule has 1 unspecified atom stereocenters. The molecule has 2 amide bonds. The van der Waals surface area contributed by atoms with Crippen molar-refractivity contribution in [2.45, 2.75) is 39.8 Å². The molecule has 184 valence electrons. The van der Waals surface area contributed by atoms with Gasteiger partial charge >= 0.3 is 6.09 Å². The van der Waals surface area contributed by atoms with E-state index in [1.165, 1.54) is 0 Å². The van der Waals surface area contributed by atoms with E-state index in [1.54, 1.807) is 34.1 Å². The van der Waals surface area contributed by atoms with Crippen LogP contribution in [-0.2, 0) is 11.3 Å². The van der Waals surface area contributed by atoms with Crippen molar-refractivity contribution in [2.75, 3.05) is 26.2 Å². The van der Waals surface area contributed by atoms with Crippen molar-refractivity contribution in [3.8, 4) is 17.0 Å². The number of hydrogen-bond acceptors (Lipinski definition) is 6. The summed E-state index contributed by atoms with van der Waals surface area (Å²) in [6.45, 7) is 7.28. The van der Waals surface area contributed by atoms with Crippen molar-refractivity contribution >= 4 is 22.9 Å². The molecule has 35 heavy (non-hydrogen) atoms. The number of fused-ring (bicyclic) bond motifs is 1. The molecule has 0 bridgehead atoms. The van der Waals surface area contributed by atoms with Crippen LogP contribution in [0.25, 0.3) is 22.2 Å². The predicted octanol–water partition coefficient (Wildman–Crippen LogP) is 4.10. The summed E-state index contributed by atoms with van der Waals surface area (Å²) < 4.78 is 5.26. The fourth-order valence-corrected chi connectivity index (χ4v) is 4.42. The lowest BCUT2D eigenvalue weighted by Gasteiger charge is -2.39. The van der Waals surface area contributed by atoms with Gasteiger partial charge in [-0.1, -0.05) is 13.0 Å². The molecular weight excluding hydrogens is 446 g/mol. The van der Waals surface area contributed by atoms with Crippen molar-refractivity contribution < 1.29 is 24.5 Å². The molecule has 8 nitrogen and oxygen atoms in total. The highest BCUT2D eigenvalue weighted by Crippen LogP contribution is 2.29. The highest BCUT2D eigenvalue weighted by Gasteiger charge is 2.31. The van der Waals surface area contributed by atoms with Crippen LogP contribution in [0.1, 0.15) is 41.8 Å². The minimum atomic E-state index is -0.331. The number of aliphatic hydroxyl groups is 1. The predicted molar refractivity (Wildman–Crippen MR) is 133 cm³/mol. The minimum absolute atomic E-state index is 0.0367. The lowest BCUT2D eigenvalue weighted by molar-refractivity contribution is 0.0412. The van der Waals surface area contributed by atoms with Crippen molar-refractivity contribution in [3.05, 3.63) is 59.2 Å². The molecule has 0 aliphatic carbocycles. The maximum atomic E-state index is 13.3. The summed E-state index contributed by atoms with van der Waals surface area (Å²) in [5.74, 6) is -0.0630. The van der Waals surface area contributed by atoms with Gasteiger partial charge in [-0.3, -0.25) is 4.79 Å². The standard InChI is InChI=1S/C27H31N3O5/c1-4-11-35-27(34)30-10-9-29(15-18(30)3)26(33)20-5-7-22-17(2)12-23(28-24(22)14-20)19-6-8-25(32)21(13-19)16-31/h5-8,12-14,18,31-32H,4,9-11,15-16H2,1-3H3. The number of carbonyl (C=O) groups is 2. The van der Waals surface area contributed by atoms with E-state index in [9.17, 15) is 19.8 Å². The molecule has 4 rings (SSSR count). The summed E-state index contributed by atoms with van der Waals surface area (Å²) in [5, 5.41) is 20.3. The number of hydrogen-bond donors (Lipinski definition) is 2. The van der Waals surface area contributed by atoms with Crippen LogP contribution >= 0.6 is 0 Å². The van der Waals surface area contributed by atoms with Crippen LogP contribution in [-0.4, -0.2) is 69.3 Å². The number of rotatable bonds is 5. The minimum Gasteiger partial charge on any atom is -0.508 e. The molecule has 3 aromatic rings. The van der Waals surface area contributed by atoms with E-state index in [2.05, 4.69) is 0 Å². The number of carbonyl (C=O) groups excluding carboxylic acids is 2. The normalized spacial score (nSPS) is 15.9. The summed E-state index contributed by atoms with van der Waals surface area (Å²) in [5.41, 5.74) is 4.14. The molecule has 1 aliphatic heterocycles. The van der Waals surface area contributed by atoms with Gasteiger partial charge in [0.05, 0.1) is 24.4 Å². The third kappa shape index (κ3) is 5.07. The quantitative estimate of drug-likeness (QED) is 0.574. The van der Waals surface area contributed by atoms with Gasteiger partial charge in [-0.2, -0.15) is 0 Å². The van der Waals surface area contributed by atoms with Crippen LogP contribution in [0.5, 0.6) is 5.75 Å². The summed E-state index contributed by atoms with van der Waals surface area (Å²) in [6, 6.07) is 12.3. The molecule has 8 heteroatoms. The van der Waals surface area contributed by atoms with Gasteiger partial charge in [0, 0.05) is 47.8 Å². The van der Waals surface area contributed by atoms with Crippen molar-refractivity contribution in [1.82, 2.24) is 14.8 Å². The summed E-state index contributed by atoms with van der Waals surface area (Å²) in [7, 11) is 0. The zero-order valence-corrected chi connectivity index (χ0v) is 20.3. The lowest BCUT2D eigenvalue weighted by Crippen LogP contribution is -2.55. The first-order chi connectivity index (χ1) is 16.8. The second kappa shape index (κ2) is 10.3. The van der Waals surface area contributed by atoms with Gasteiger partial charge < -0.3 is 24.7 Å². The third-order valence-electron chi connectivity index (χ3n) is 6.39. The van der Waals surface area contributed by atoms with E-state index in [0.29, 0.717) is 48.6 Å². The Morgan fingerprint density at radius 3 is 2.66 bits per heavy atom. The Bertz CT molecular complexity index is 1260. The first-order valence-corrected chi connectivity index (χ1v) is 11.9. The fraction of sp³-hybridized carbons (Fsp3) is 0.370. The van der Waals surface area contributed by atoms with Crippen LogP contribution < -0.4 is 0 Å². The average Bonchev–Trinajstić information content (AvgIpc) is 2.86. The highest BCUT2D eigenvalue weighted by molar-refractivity contribution is 5.99. The van der Waals surface area contributed by atoms with E-state index in [-0.39, 0.29) is 30.4 Å². The number of amides is 2. The monoisotopic (exact) mass is 477 g/mol. The van der Waals surface area contributed by atoms with E-state index in [1.807, 2.05) is 39.0 Å². The van der Waals surface area contributed by atoms with Crippen LogP contribution in [0.2, 0.25) is 0 Å². The maximum absolute atomic E-state index is 13.3. The number of aromatic nitrogens is 1. The van der Waals surface area contributed by atoms with Crippen LogP contribution in [0.4, 0.5) is 4.79 Å². The summed E-state index contributed by atoms with van der Waals surface area (Å²) >= 11 is 0. The number of ether oxygens (including phenoxy) is 1. The van der Waals surface area contributed by atoms with Gasteiger partial charge in [0.1, 0.15) is 5.75 Å². The molecule has 1 saturated heterocycles. The van der Waals surface area contributed by atoms with E-state index >= 15 is 0 Å². The Morgan fingerprint density at radius 1 is 1.14 bits per heavy atom. The maximum Gasteiger partial charge on any atom is 0.410 e. The molecular formula is C27H31N3O5. The number of aryl methyl sites for hydroxylation is 1. The van der Waals surface area contributed by atoms with Gasteiger partial charge in [0.15, 0.2) is 0 Å². The van der Waals surface area contributed by atoms with Crippen LogP contribution in [0.3, 0.4) is 0 Å². The second-order valence-electron chi connectivity index (χ2n) is 8.97. The van der Waals surface area contributed by atoms with Crippen molar-refractivity contribution in [3.63, 3.8) is 0 Å². The van der Waals surface area contributed by atoms with Crippen LogP contribution in [0.15, 0.2) is 42.5 Å². The van der Waals surface area contributed by atoms with Gasteiger partial charge in [-0.05, 0) is 62.2 Å². The summed E-state index contributed by atoms with van der Waals surface area (Å²) in [4.78, 5) is 33.8. The van der Waals surface area contributed by atoms with E-state index in [0.717, 1.165) is 22.9 Å². The van der Waals surface area contributed by atoms with E-state index in [4.69, 9.17) is 9.72 Å². The topological polar surface area (TPSA) is 103 Å². The Morgan fingerprint density at radius 2 is 1.94 bits per heavy atom. The lowest BCUT2D eigenvalue weighted by atomic mass is 10.0. The molecule has 1 atom stereocenters. The van der Waals surface area contributed by atoms with E-state index < -0.39 is 0 Å². The Hall–Kier alpha value is -3.65. The van der Waals surface area contributed by atoms with Gasteiger partial charge in [0.2, 0.25) is 0 Å². The first kappa shape index (κ1) is 24.5. The van der Waals surface area contributed by atoms with Gasteiger partial charge in [-0.15, -0.1) is 0 Å². The Labute approximate surface area is 204 Å². The molecule has 2 aromatic carbocycles. The van der Waals surface area contributed by atoms with Crippen molar-refractivity contribution in [2.24, 2.45) is 0 Å². The SMILES string of the molecule is CCCOC(=O)N1CCN(C(=O)c2ccc3c(C)cc(-c4ccc(O)c(CO)c4)nc3c2)CC1C. The van der Waals surface area contributed by atoms with Crippen molar-refractivity contribution in [1.29, 1.82) is 0 Å². The van der Waals surface area contributed by atoms with Gasteiger partial charge in [-0.25, -0.2) is 9.78 Å². The molecule has 1 aliphatic rings. The molecule has 1 fully saturated rings. The number of aromatic hydroxyl groups is 1. The zero-order valence-electron chi connectivity index (χ0n) is 20.3. The number of pyridine rings is 1. The van der Waals surface area contributed by atoms with Crippen LogP contribution in [0, 0.1) is 6.92 Å². The second-order valence-corrected chi connectivity index (χ2v) is 8.97. The highest BCUT2D eigenvalue weighted by atomic mass is 16.6. The Kier molecular flexibility index (Phi) is 7.21. The molecule has 2 N–H and O–H groups in total. The number of piperazine rings is 1. The molecule has 0 radical (unpaired) electrons. The number of phenols is 1. The first-order valence-electron chi connectivity index (χ1n) is 11.9. The Balaban J connectivity index is 1.57. The molecule has 0 saturated carbocycles. The number of benzene rings is 2.